The predicted octanol–water partition coefficient (Wildman–Crippen LogP) is 2.86. The second-order valence-corrected chi connectivity index (χ2v) is 13.0. The topological polar surface area (TPSA) is 147 Å². The van der Waals surface area contributed by atoms with Gasteiger partial charge in [-0.3, -0.25) is 9.69 Å². The fraction of sp³-hybridized carbons (Fsp3) is 0.345. The summed E-state index contributed by atoms with van der Waals surface area (Å²) in [6.07, 6.45) is 6.38. The molecule has 0 bridgehead atoms. The molecule has 1 aromatic heterocycles. The van der Waals surface area contributed by atoms with E-state index in [0.717, 1.165) is 17.5 Å². The van der Waals surface area contributed by atoms with Crippen LogP contribution in [0.5, 0.6) is 0 Å². The third-order valence-electron chi connectivity index (χ3n) is 7.58. The number of likely N-dealkylation sites (tertiary alicyclic amines) is 1. The first-order valence-electron chi connectivity index (χ1n) is 13.3. The molecule has 2 aliphatic heterocycles. The molecule has 1 spiro atoms. The maximum absolute atomic E-state index is 13.2. The molecule has 0 saturated carbocycles. The minimum atomic E-state index is -3.40. The van der Waals surface area contributed by atoms with Gasteiger partial charge in [-0.2, -0.15) is 0 Å². The lowest BCUT2D eigenvalue weighted by Crippen LogP contribution is -2.53. The van der Waals surface area contributed by atoms with E-state index in [1.807, 2.05) is 17.9 Å². The lowest BCUT2D eigenvalue weighted by atomic mass is 9.86. The first-order valence-corrected chi connectivity index (χ1v) is 15.5. The molecule has 4 N–H and O–H groups in total. The third kappa shape index (κ3) is 6.02. The van der Waals surface area contributed by atoms with Crippen LogP contribution in [0.2, 0.25) is 5.02 Å². The molecule has 1 fully saturated rings. The highest BCUT2D eigenvalue weighted by Gasteiger charge is 2.49. The molecule has 3 heterocycles. The Balaban J connectivity index is 1.35. The zero-order valence-corrected chi connectivity index (χ0v) is 24.4. The van der Waals surface area contributed by atoms with Gasteiger partial charge < -0.3 is 20.8 Å². The maximum Gasteiger partial charge on any atom is 0.341 e. The number of piperidine rings is 1. The molecule has 1 atom stereocenters. The Hall–Kier alpha value is -3.67. The summed E-state index contributed by atoms with van der Waals surface area (Å²) in [4.78, 5) is 35.0. The number of hydrogen-bond donors (Lipinski definition) is 3. The predicted molar refractivity (Wildman–Crippen MR) is 156 cm³/mol. The summed E-state index contributed by atoms with van der Waals surface area (Å²) in [5.41, 5.74) is 9.77. The maximum atomic E-state index is 13.2. The number of aryl methyl sites for hydroxylation is 1. The Kier molecular flexibility index (Phi) is 7.95. The number of amides is 1. The van der Waals surface area contributed by atoms with Crippen molar-refractivity contribution in [3.8, 4) is 11.1 Å². The van der Waals surface area contributed by atoms with Gasteiger partial charge in [-0.05, 0) is 67.3 Å². The number of H-pyrrole nitrogens is 1. The molecule has 1 saturated heterocycles. The molecule has 5 rings (SSSR count). The van der Waals surface area contributed by atoms with E-state index in [-0.39, 0.29) is 22.9 Å². The number of hydrogen-bond acceptors (Lipinski definition) is 8. The van der Waals surface area contributed by atoms with Gasteiger partial charge in [0.2, 0.25) is 5.91 Å². The van der Waals surface area contributed by atoms with Crippen molar-refractivity contribution in [2.75, 3.05) is 32.4 Å². The van der Waals surface area contributed by atoms with E-state index in [0.29, 0.717) is 66.3 Å². The van der Waals surface area contributed by atoms with E-state index in [1.165, 1.54) is 6.07 Å². The van der Waals surface area contributed by atoms with Crippen LogP contribution in [0.15, 0.2) is 59.5 Å². The fourth-order valence-electron chi connectivity index (χ4n) is 5.51. The molecule has 0 aliphatic carbocycles. The Morgan fingerprint density at radius 2 is 2.07 bits per heavy atom. The van der Waals surface area contributed by atoms with E-state index in [9.17, 15) is 18.0 Å². The fourth-order valence-corrected chi connectivity index (χ4v) is 6.44. The average molecular weight is 598 g/mol. The van der Waals surface area contributed by atoms with Crippen LogP contribution in [0.3, 0.4) is 0 Å². The quantitative estimate of drug-likeness (QED) is 0.336. The standard InChI is InChI=1S/C29H32ClN5O5S/c1-18-11-23(19-5-3-6-21(12-19)41(2,38)39)24(30)13-22(18)26-27(31)29(40-28(26)37)8-4-10-35(16-29)15-25(36)33-9-7-20-14-32-17-34-20/h3,5-6,11-14,17H,4,7-10,15-16,31H2,1-2H3,(H,32,34)(H,33,36). The molecule has 0 radical (unpaired) electrons. The number of imidazole rings is 1. The van der Waals surface area contributed by atoms with E-state index in [4.69, 9.17) is 22.1 Å². The van der Waals surface area contributed by atoms with Gasteiger partial charge in [-0.25, -0.2) is 18.2 Å². The van der Waals surface area contributed by atoms with Crippen molar-refractivity contribution in [1.29, 1.82) is 0 Å². The Morgan fingerprint density at radius 3 is 2.80 bits per heavy atom. The monoisotopic (exact) mass is 597 g/mol. The minimum Gasteiger partial charge on any atom is -0.448 e. The van der Waals surface area contributed by atoms with Crippen LogP contribution in [-0.2, 0) is 30.6 Å². The highest BCUT2D eigenvalue weighted by Crippen LogP contribution is 2.43. The largest absolute Gasteiger partial charge is 0.448 e. The number of halogens is 1. The molecule has 1 amide bonds. The second-order valence-electron chi connectivity index (χ2n) is 10.6. The summed E-state index contributed by atoms with van der Waals surface area (Å²) < 4.78 is 30.1. The zero-order valence-electron chi connectivity index (χ0n) is 22.9. The number of carbonyl (C=O) groups is 2. The Morgan fingerprint density at radius 1 is 1.27 bits per heavy atom. The number of nitrogens with zero attached hydrogens (tertiary/aromatic N) is 2. The highest BCUT2D eigenvalue weighted by molar-refractivity contribution is 7.90. The number of nitrogens with one attached hydrogen (secondary N) is 2. The van der Waals surface area contributed by atoms with Crippen LogP contribution in [-0.4, -0.2) is 73.2 Å². The summed E-state index contributed by atoms with van der Waals surface area (Å²) in [6, 6.07) is 10.1. The van der Waals surface area contributed by atoms with Crippen LogP contribution in [0.1, 0.15) is 29.7 Å². The van der Waals surface area contributed by atoms with Gasteiger partial charge in [0.25, 0.3) is 0 Å². The first-order chi connectivity index (χ1) is 19.5. The highest BCUT2D eigenvalue weighted by atomic mass is 35.5. The molecule has 216 valence electrons. The smallest absolute Gasteiger partial charge is 0.341 e. The normalized spacial score (nSPS) is 19.5. The van der Waals surface area contributed by atoms with Gasteiger partial charge >= 0.3 is 5.97 Å². The summed E-state index contributed by atoms with van der Waals surface area (Å²) in [6.45, 7) is 3.48. The van der Waals surface area contributed by atoms with Crippen molar-refractivity contribution >= 4 is 38.9 Å². The van der Waals surface area contributed by atoms with Crippen molar-refractivity contribution in [2.45, 2.75) is 36.7 Å². The molecule has 2 aliphatic rings. The number of carbonyl (C=O) groups excluding carboxylic acids is 2. The summed E-state index contributed by atoms with van der Waals surface area (Å²) >= 11 is 6.69. The molecule has 10 nitrogen and oxygen atoms in total. The van der Waals surface area contributed by atoms with Crippen LogP contribution in [0, 0.1) is 6.92 Å². The van der Waals surface area contributed by atoms with Crippen LogP contribution in [0.25, 0.3) is 16.7 Å². The summed E-state index contributed by atoms with van der Waals surface area (Å²) in [5.74, 6) is -0.647. The van der Waals surface area contributed by atoms with Crippen molar-refractivity contribution < 1.29 is 22.7 Å². The number of ether oxygens (including phenoxy) is 1. The van der Waals surface area contributed by atoms with E-state index in [2.05, 4.69) is 15.3 Å². The SMILES string of the molecule is Cc1cc(-c2cccc(S(C)(=O)=O)c2)c(Cl)cc1C1=C(N)C2(CCCN(CC(=O)NCCc3cnc[nH]3)C2)OC1=O. The van der Waals surface area contributed by atoms with Crippen molar-refractivity contribution in [1.82, 2.24) is 20.2 Å². The Labute approximate surface area is 243 Å². The summed E-state index contributed by atoms with van der Waals surface area (Å²) in [5, 5.41) is 3.27. The van der Waals surface area contributed by atoms with Crippen molar-refractivity contribution in [3.05, 3.63) is 76.5 Å². The Bertz CT molecular complexity index is 1640. The molecule has 2 aromatic carbocycles. The molecule has 3 aromatic rings. The van der Waals surface area contributed by atoms with E-state index >= 15 is 0 Å². The lowest BCUT2D eigenvalue weighted by molar-refractivity contribution is -0.149. The number of sulfone groups is 1. The van der Waals surface area contributed by atoms with Crippen LogP contribution >= 0.6 is 11.6 Å². The molecular formula is C29H32ClN5O5S. The summed E-state index contributed by atoms with van der Waals surface area (Å²) in [7, 11) is -3.40. The third-order valence-corrected chi connectivity index (χ3v) is 9.00. The second kappa shape index (κ2) is 11.3. The van der Waals surface area contributed by atoms with Gasteiger partial charge in [0.15, 0.2) is 15.4 Å². The number of nitrogens with two attached hydrogens (primary N) is 1. The van der Waals surface area contributed by atoms with Crippen LogP contribution < -0.4 is 11.1 Å². The average Bonchev–Trinajstić information content (AvgIpc) is 3.51. The zero-order chi connectivity index (χ0) is 29.4. The van der Waals surface area contributed by atoms with Crippen molar-refractivity contribution in [3.63, 3.8) is 0 Å². The molecule has 41 heavy (non-hydrogen) atoms. The molecule has 1 unspecified atom stereocenters. The van der Waals surface area contributed by atoms with Gasteiger partial charge in [-0.1, -0.05) is 23.7 Å². The molecule has 12 heteroatoms. The van der Waals surface area contributed by atoms with Gasteiger partial charge in [0.05, 0.1) is 29.0 Å². The number of benzene rings is 2. The van der Waals surface area contributed by atoms with Crippen LogP contribution in [0.4, 0.5) is 0 Å². The van der Waals surface area contributed by atoms with Crippen molar-refractivity contribution in [2.24, 2.45) is 5.73 Å². The van der Waals surface area contributed by atoms with E-state index < -0.39 is 21.4 Å². The number of esters is 1. The van der Waals surface area contributed by atoms with Gasteiger partial charge in [0, 0.05) is 48.2 Å². The number of rotatable bonds is 8. The first kappa shape index (κ1) is 28.8. The van der Waals surface area contributed by atoms with E-state index in [1.54, 1.807) is 36.8 Å². The minimum absolute atomic E-state index is 0.119. The molecular weight excluding hydrogens is 566 g/mol. The number of aromatic nitrogens is 2. The van der Waals surface area contributed by atoms with Gasteiger partial charge in [-0.15, -0.1) is 0 Å². The lowest BCUT2D eigenvalue weighted by Gasteiger charge is -2.39. The number of aromatic amines is 1. The van der Waals surface area contributed by atoms with Gasteiger partial charge in [0.1, 0.15) is 0 Å².